The molecule has 3 nitrogen and oxygen atoms in total. The maximum atomic E-state index is 4.93. The maximum Gasteiger partial charge on any atom is 0.109 e. The lowest BCUT2D eigenvalue weighted by Crippen LogP contribution is -2.43. The van der Waals surface area contributed by atoms with Crippen molar-refractivity contribution >= 4 is 29.0 Å². The molecule has 2 heterocycles. The van der Waals surface area contributed by atoms with Crippen molar-refractivity contribution in [3.63, 3.8) is 0 Å². The molecule has 0 radical (unpaired) electrons. The number of hydrogen-bond donors (Lipinski definition) is 0. The van der Waals surface area contributed by atoms with E-state index in [0.29, 0.717) is 5.41 Å². The summed E-state index contributed by atoms with van der Waals surface area (Å²) >= 11 is 0. The molecule has 24 heavy (non-hydrogen) atoms. The molecule has 0 atom stereocenters. The average Bonchev–Trinajstić information content (AvgIpc) is 2.54. The van der Waals surface area contributed by atoms with Gasteiger partial charge in [0.05, 0.1) is 5.69 Å². The van der Waals surface area contributed by atoms with Crippen molar-refractivity contribution in [1.29, 1.82) is 0 Å². The number of fused-ring (bicyclic) bond motifs is 2. The minimum absolute atomic E-state index is 0.318. The Kier molecular flexibility index (Phi) is 4.44. The summed E-state index contributed by atoms with van der Waals surface area (Å²) in [7, 11) is 0. The van der Waals surface area contributed by atoms with Crippen LogP contribution in [0.4, 0.5) is 5.69 Å². The third kappa shape index (κ3) is 3.35. The number of aliphatic imine (C=N–C) groups is 2. The standard InChI is InChI=1S/C21H27N3/c1-6-22-15(2)7-8-17-9-10-18-16(3)24-14-21(4,5)12-11-20(24)23-19(18)13-17/h7-10,13H,3,6,11-12,14H2,1-2,4-5H3/b8-7+,22-15?. The molecule has 0 unspecified atom stereocenters. The summed E-state index contributed by atoms with van der Waals surface area (Å²) in [6, 6.07) is 6.43. The topological polar surface area (TPSA) is 28.0 Å². The summed E-state index contributed by atoms with van der Waals surface area (Å²) in [5, 5.41) is 0. The predicted molar refractivity (Wildman–Crippen MR) is 105 cm³/mol. The van der Waals surface area contributed by atoms with Crippen LogP contribution in [-0.2, 0) is 0 Å². The number of allylic oxidation sites excluding steroid dienone is 1. The number of benzene rings is 1. The molecule has 0 aromatic heterocycles. The van der Waals surface area contributed by atoms with Crippen molar-refractivity contribution < 1.29 is 0 Å². The second-order valence-electron chi connectivity index (χ2n) is 7.45. The summed E-state index contributed by atoms with van der Waals surface area (Å²) in [4.78, 5) is 11.6. The highest BCUT2D eigenvalue weighted by molar-refractivity contribution is 5.99. The lowest BCUT2D eigenvalue weighted by molar-refractivity contribution is 0.251. The smallest absolute Gasteiger partial charge is 0.109 e. The molecule has 0 bridgehead atoms. The molecule has 1 aromatic rings. The van der Waals surface area contributed by atoms with Gasteiger partial charge in [-0.25, -0.2) is 4.99 Å². The Labute approximate surface area is 145 Å². The van der Waals surface area contributed by atoms with Crippen LogP contribution in [0.2, 0.25) is 0 Å². The zero-order valence-corrected chi connectivity index (χ0v) is 15.3. The van der Waals surface area contributed by atoms with Gasteiger partial charge in [-0.2, -0.15) is 0 Å². The molecule has 0 saturated carbocycles. The fraction of sp³-hybridized carbons (Fsp3) is 0.429. The largest absolute Gasteiger partial charge is 0.329 e. The SMILES string of the molecule is C=C1c2ccc(/C=C/C(C)=NCC)cc2N=C2CCC(C)(C)CN12. The quantitative estimate of drug-likeness (QED) is 0.693. The molecule has 0 spiro atoms. The Morgan fingerprint density at radius 1 is 1.42 bits per heavy atom. The number of rotatable bonds is 3. The molecule has 2 aliphatic rings. The molecule has 126 valence electrons. The van der Waals surface area contributed by atoms with Gasteiger partial charge in [0.25, 0.3) is 0 Å². The normalized spacial score (nSPS) is 20.0. The molecular formula is C21H27N3. The van der Waals surface area contributed by atoms with Crippen molar-refractivity contribution in [3.8, 4) is 0 Å². The van der Waals surface area contributed by atoms with E-state index < -0.39 is 0 Å². The van der Waals surface area contributed by atoms with Gasteiger partial charge in [-0.15, -0.1) is 0 Å². The van der Waals surface area contributed by atoms with Crippen LogP contribution in [0.3, 0.4) is 0 Å². The Hall–Kier alpha value is -2.16. The number of hydrogen-bond acceptors (Lipinski definition) is 3. The molecule has 1 fully saturated rings. The van der Waals surface area contributed by atoms with Crippen molar-refractivity contribution in [3.05, 3.63) is 42.0 Å². The molecule has 2 aliphatic heterocycles. The molecule has 0 aliphatic carbocycles. The zero-order valence-electron chi connectivity index (χ0n) is 15.3. The summed E-state index contributed by atoms with van der Waals surface area (Å²) in [5.41, 5.74) is 5.79. The zero-order chi connectivity index (χ0) is 17.3. The molecule has 1 saturated heterocycles. The third-order valence-corrected chi connectivity index (χ3v) is 4.76. The van der Waals surface area contributed by atoms with Crippen molar-refractivity contribution in [2.24, 2.45) is 15.4 Å². The highest BCUT2D eigenvalue weighted by Crippen LogP contribution is 2.40. The van der Waals surface area contributed by atoms with E-state index in [1.54, 1.807) is 0 Å². The van der Waals surface area contributed by atoms with Crippen LogP contribution in [0.15, 0.2) is 40.8 Å². The van der Waals surface area contributed by atoms with E-state index in [0.717, 1.165) is 53.6 Å². The first kappa shape index (κ1) is 16.7. The van der Waals surface area contributed by atoms with Crippen LogP contribution in [0.5, 0.6) is 0 Å². The van der Waals surface area contributed by atoms with Gasteiger partial charge in [-0.05, 0) is 43.4 Å². The van der Waals surface area contributed by atoms with Gasteiger partial charge in [0.15, 0.2) is 0 Å². The maximum absolute atomic E-state index is 4.93. The van der Waals surface area contributed by atoms with Gasteiger partial charge < -0.3 is 4.90 Å². The predicted octanol–water partition coefficient (Wildman–Crippen LogP) is 5.32. The molecule has 3 rings (SSSR count). The first-order valence-corrected chi connectivity index (χ1v) is 8.77. The van der Waals surface area contributed by atoms with Gasteiger partial charge >= 0.3 is 0 Å². The lowest BCUT2D eigenvalue weighted by Gasteiger charge is -2.43. The van der Waals surface area contributed by atoms with E-state index in [1.807, 2.05) is 6.92 Å². The Morgan fingerprint density at radius 3 is 2.96 bits per heavy atom. The van der Waals surface area contributed by atoms with E-state index >= 15 is 0 Å². The molecule has 1 aromatic carbocycles. The summed E-state index contributed by atoms with van der Waals surface area (Å²) in [5.74, 6) is 1.16. The molecular weight excluding hydrogens is 294 g/mol. The van der Waals surface area contributed by atoms with Crippen LogP contribution in [-0.4, -0.2) is 29.5 Å². The van der Waals surface area contributed by atoms with E-state index in [2.05, 4.69) is 67.6 Å². The Balaban J connectivity index is 1.90. The summed E-state index contributed by atoms with van der Waals surface area (Å²) in [6.07, 6.45) is 6.37. The minimum Gasteiger partial charge on any atom is -0.329 e. The van der Waals surface area contributed by atoms with Crippen LogP contribution in [0.1, 0.15) is 51.7 Å². The van der Waals surface area contributed by atoms with E-state index in [-0.39, 0.29) is 0 Å². The van der Waals surface area contributed by atoms with Crippen LogP contribution in [0, 0.1) is 5.41 Å². The molecule has 0 amide bonds. The second-order valence-corrected chi connectivity index (χ2v) is 7.45. The average molecular weight is 321 g/mol. The fourth-order valence-electron chi connectivity index (χ4n) is 3.34. The van der Waals surface area contributed by atoms with Crippen molar-refractivity contribution in [2.75, 3.05) is 13.1 Å². The van der Waals surface area contributed by atoms with Gasteiger partial charge in [-0.1, -0.05) is 38.6 Å². The second kappa shape index (κ2) is 6.39. The summed E-state index contributed by atoms with van der Waals surface area (Å²) < 4.78 is 0. The Morgan fingerprint density at radius 2 is 2.21 bits per heavy atom. The fourth-order valence-corrected chi connectivity index (χ4v) is 3.34. The van der Waals surface area contributed by atoms with Gasteiger partial charge in [-0.3, -0.25) is 4.99 Å². The molecule has 0 N–H and O–H groups in total. The van der Waals surface area contributed by atoms with Gasteiger partial charge in [0.1, 0.15) is 5.84 Å². The highest BCUT2D eigenvalue weighted by Gasteiger charge is 2.34. The first-order valence-electron chi connectivity index (χ1n) is 8.77. The Bertz CT molecular complexity index is 750. The first-order chi connectivity index (χ1) is 11.4. The van der Waals surface area contributed by atoms with E-state index in [1.165, 1.54) is 6.42 Å². The summed E-state index contributed by atoms with van der Waals surface area (Å²) in [6.45, 7) is 14.9. The number of piperidine rings is 1. The number of nitrogens with zero attached hydrogens (tertiary/aromatic N) is 3. The number of amidine groups is 1. The van der Waals surface area contributed by atoms with Crippen molar-refractivity contribution in [1.82, 2.24) is 4.90 Å². The minimum atomic E-state index is 0.318. The van der Waals surface area contributed by atoms with Crippen LogP contribution >= 0.6 is 0 Å². The monoisotopic (exact) mass is 321 g/mol. The van der Waals surface area contributed by atoms with E-state index in [9.17, 15) is 0 Å². The van der Waals surface area contributed by atoms with Gasteiger partial charge in [0.2, 0.25) is 0 Å². The third-order valence-electron chi connectivity index (χ3n) is 4.76. The van der Waals surface area contributed by atoms with Gasteiger partial charge in [0, 0.05) is 36.5 Å². The van der Waals surface area contributed by atoms with E-state index in [4.69, 9.17) is 4.99 Å². The van der Waals surface area contributed by atoms with Crippen LogP contribution < -0.4 is 0 Å². The lowest BCUT2D eigenvalue weighted by atomic mass is 9.82. The molecule has 3 heteroatoms. The van der Waals surface area contributed by atoms with Crippen LogP contribution in [0.25, 0.3) is 11.8 Å². The van der Waals surface area contributed by atoms with Crippen molar-refractivity contribution in [2.45, 2.75) is 40.5 Å². The highest BCUT2D eigenvalue weighted by atomic mass is 15.2.